The van der Waals surface area contributed by atoms with Crippen LogP contribution in [0, 0.1) is 0 Å². The Morgan fingerprint density at radius 3 is 2.36 bits per heavy atom. The first-order valence-corrected chi connectivity index (χ1v) is 12.1. The Morgan fingerprint density at radius 2 is 1.70 bits per heavy atom. The molecule has 0 bridgehead atoms. The second-order valence-electron chi connectivity index (χ2n) is 9.08. The van der Waals surface area contributed by atoms with Crippen molar-refractivity contribution < 1.29 is 19.4 Å². The van der Waals surface area contributed by atoms with Gasteiger partial charge in [-0.1, -0.05) is 35.3 Å². The zero-order chi connectivity index (χ0) is 23.2. The number of hydrogen-bond acceptors (Lipinski definition) is 4. The molecule has 2 aliphatic carbocycles. The monoisotopic (exact) mass is 488 g/mol. The molecule has 3 aliphatic rings. The second kappa shape index (κ2) is 8.82. The van der Waals surface area contributed by atoms with E-state index >= 15 is 0 Å². The summed E-state index contributed by atoms with van der Waals surface area (Å²) in [6.07, 6.45) is 4.09. The van der Waals surface area contributed by atoms with E-state index in [1.54, 1.807) is 12.1 Å². The van der Waals surface area contributed by atoms with E-state index in [1.807, 2.05) is 23.1 Å². The number of nitrogens with zero attached hydrogens (tertiary/aromatic N) is 2. The summed E-state index contributed by atoms with van der Waals surface area (Å²) in [5, 5.41) is 9.82. The van der Waals surface area contributed by atoms with E-state index in [2.05, 4.69) is 11.0 Å². The number of carboxylic acid groups (broad SMARTS) is 1. The van der Waals surface area contributed by atoms with Crippen LogP contribution in [-0.2, 0) is 27.4 Å². The smallest absolute Gasteiger partial charge is 0.303 e. The minimum atomic E-state index is -0.886. The number of para-hydroxylation sites is 2. The number of ether oxygens (including phenoxy) is 1. The summed E-state index contributed by atoms with van der Waals surface area (Å²) in [6, 6.07) is 12.1. The van der Waals surface area contributed by atoms with Crippen LogP contribution >= 0.6 is 23.2 Å². The highest BCUT2D eigenvalue weighted by Gasteiger charge is 2.54. The summed E-state index contributed by atoms with van der Waals surface area (Å²) in [7, 11) is 0. The van der Waals surface area contributed by atoms with Gasteiger partial charge < -0.3 is 19.6 Å². The molecule has 0 atom stereocenters. The number of carbonyl (C=O) groups is 2. The van der Waals surface area contributed by atoms with Crippen molar-refractivity contribution >= 4 is 46.5 Å². The lowest BCUT2D eigenvalue weighted by atomic mass is 10.1. The molecule has 6 nitrogen and oxygen atoms in total. The Morgan fingerprint density at radius 1 is 1.03 bits per heavy atom. The fourth-order valence-corrected chi connectivity index (χ4v) is 5.05. The normalized spacial score (nSPS) is 18.7. The Kier molecular flexibility index (Phi) is 6.02. The topological polar surface area (TPSA) is 70.1 Å². The van der Waals surface area contributed by atoms with Gasteiger partial charge in [-0.05, 0) is 67.5 Å². The molecule has 0 unspecified atom stereocenters. The van der Waals surface area contributed by atoms with Crippen molar-refractivity contribution in [3.63, 3.8) is 0 Å². The number of carbonyl (C=O) groups excluding carboxylic acids is 1. The van der Waals surface area contributed by atoms with Gasteiger partial charge in [0, 0.05) is 35.6 Å². The van der Waals surface area contributed by atoms with E-state index in [4.69, 9.17) is 33.0 Å². The van der Waals surface area contributed by atoms with Crippen LogP contribution in [0.1, 0.15) is 43.2 Å². The lowest BCUT2D eigenvalue weighted by molar-refractivity contribution is -0.137. The quantitative estimate of drug-likeness (QED) is 0.561. The Hall–Kier alpha value is -2.28. The summed E-state index contributed by atoms with van der Waals surface area (Å²) in [5.41, 5.74) is 2.64. The number of halogens is 2. The summed E-state index contributed by atoms with van der Waals surface area (Å²) in [5.74, 6) is -0.881. The average Bonchev–Trinajstić information content (AvgIpc) is 3.72. The van der Waals surface area contributed by atoms with Crippen LogP contribution < -0.4 is 9.80 Å². The van der Waals surface area contributed by atoms with Gasteiger partial charge in [0.15, 0.2) is 0 Å². The highest BCUT2D eigenvalue weighted by Crippen LogP contribution is 2.46. The summed E-state index contributed by atoms with van der Waals surface area (Å²) in [6.45, 7) is 1.66. The van der Waals surface area contributed by atoms with E-state index in [0.29, 0.717) is 53.0 Å². The predicted octanol–water partition coefficient (Wildman–Crippen LogP) is 5.08. The van der Waals surface area contributed by atoms with Crippen LogP contribution in [-0.4, -0.2) is 41.7 Å². The van der Waals surface area contributed by atoms with E-state index in [9.17, 15) is 9.59 Å². The van der Waals surface area contributed by atoms with E-state index in [-0.39, 0.29) is 18.9 Å². The van der Waals surface area contributed by atoms with Crippen molar-refractivity contribution in [3.8, 4) is 0 Å². The molecule has 2 saturated carbocycles. The number of hydrogen-bond donors (Lipinski definition) is 1. The van der Waals surface area contributed by atoms with Gasteiger partial charge in [-0.25, -0.2) is 0 Å². The molecule has 1 aliphatic heterocycles. The Bertz CT molecular complexity index is 1100. The lowest BCUT2D eigenvalue weighted by Gasteiger charge is -2.39. The minimum absolute atomic E-state index is 0.00527. The number of anilines is 2. The molecule has 2 fully saturated rings. The maximum absolute atomic E-state index is 13.6. The largest absolute Gasteiger partial charge is 0.481 e. The van der Waals surface area contributed by atoms with Crippen molar-refractivity contribution in [1.82, 2.24) is 0 Å². The molecule has 174 valence electrons. The first-order chi connectivity index (χ1) is 15.9. The number of aliphatic carboxylic acids is 1. The van der Waals surface area contributed by atoms with Crippen molar-refractivity contribution in [1.29, 1.82) is 0 Å². The second-order valence-corrected chi connectivity index (χ2v) is 9.90. The summed E-state index contributed by atoms with van der Waals surface area (Å²) in [4.78, 5) is 28.7. The van der Waals surface area contributed by atoms with Crippen molar-refractivity contribution in [2.75, 3.05) is 22.9 Å². The maximum atomic E-state index is 13.6. The van der Waals surface area contributed by atoms with Gasteiger partial charge >= 0.3 is 5.97 Å². The van der Waals surface area contributed by atoms with Crippen LogP contribution in [0.2, 0.25) is 10.0 Å². The van der Waals surface area contributed by atoms with E-state index < -0.39 is 11.6 Å². The minimum Gasteiger partial charge on any atom is -0.481 e. The lowest BCUT2D eigenvalue weighted by Crippen LogP contribution is -2.49. The van der Waals surface area contributed by atoms with Crippen LogP contribution in [0.25, 0.3) is 0 Å². The molecule has 1 heterocycles. The Labute approximate surface area is 203 Å². The van der Waals surface area contributed by atoms with E-state index in [0.717, 1.165) is 17.9 Å². The molecule has 2 aromatic rings. The number of aryl methyl sites for hydroxylation is 1. The number of benzene rings is 2. The van der Waals surface area contributed by atoms with Gasteiger partial charge in [0.25, 0.3) is 5.91 Å². The van der Waals surface area contributed by atoms with Crippen molar-refractivity contribution in [2.24, 2.45) is 0 Å². The third kappa shape index (κ3) is 4.57. The molecule has 33 heavy (non-hydrogen) atoms. The average molecular weight is 489 g/mol. The standard InChI is InChI=1S/C25H26Cl2N2O4/c26-19-14-17(20(27)13-16(19)5-8-23(30)31)15-33-25(9-10-25)24(32)29-12-11-28(18-6-7-18)21-3-1-2-4-22(21)29/h1-4,13-14,18H,5-12,15H2,(H,30,31). The third-order valence-electron chi connectivity index (χ3n) is 6.70. The molecule has 0 radical (unpaired) electrons. The SMILES string of the molecule is O=C(O)CCc1cc(Cl)c(COC2(C(=O)N3CCN(C4CC4)c4ccccc43)CC2)cc1Cl. The summed E-state index contributed by atoms with van der Waals surface area (Å²) >= 11 is 12.8. The zero-order valence-corrected chi connectivity index (χ0v) is 19.7. The van der Waals surface area contributed by atoms with E-state index in [1.165, 1.54) is 12.8 Å². The van der Waals surface area contributed by atoms with Crippen LogP contribution in [0.5, 0.6) is 0 Å². The number of fused-ring (bicyclic) bond motifs is 1. The fraction of sp³-hybridized carbons (Fsp3) is 0.440. The van der Waals surface area contributed by atoms with Crippen LogP contribution in [0.15, 0.2) is 36.4 Å². The molecular formula is C25H26Cl2N2O4. The number of amides is 1. The molecule has 5 rings (SSSR count). The van der Waals surface area contributed by atoms with Gasteiger partial charge in [-0.15, -0.1) is 0 Å². The van der Waals surface area contributed by atoms with Gasteiger partial charge in [0.2, 0.25) is 0 Å². The molecular weight excluding hydrogens is 463 g/mol. The molecule has 1 amide bonds. The fourth-order valence-electron chi connectivity index (χ4n) is 4.53. The maximum Gasteiger partial charge on any atom is 0.303 e. The highest BCUT2D eigenvalue weighted by atomic mass is 35.5. The van der Waals surface area contributed by atoms with Crippen LogP contribution in [0.3, 0.4) is 0 Å². The first kappa shape index (κ1) is 22.5. The third-order valence-corrected chi connectivity index (χ3v) is 7.40. The molecule has 0 aromatic heterocycles. The zero-order valence-electron chi connectivity index (χ0n) is 18.2. The van der Waals surface area contributed by atoms with Crippen molar-refractivity contribution in [3.05, 3.63) is 57.6 Å². The predicted molar refractivity (Wildman–Crippen MR) is 128 cm³/mol. The summed E-state index contributed by atoms with van der Waals surface area (Å²) < 4.78 is 6.18. The van der Waals surface area contributed by atoms with Gasteiger partial charge in [-0.2, -0.15) is 0 Å². The molecule has 2 aromatic carbocycles. The van der Waals surface area contributed by atoms with Gasteiger partial charge in [0.1, 0.15) is 5.60 Å². The van der Waals surface area contributed by atoms with Crippen LogP contribution in [0.4, 0.5) is 11.4 Å². The van der Waals surface area contributed by atoms with Crippen molar-refractivity contribution in [2.45, 2.75) is 56.8 Å². The van der Waals surface area contributed by atoms with Gasteiger partial charge in [-0.3, -0.25) is 9.59 Å². The number of rotatable bonds is 8. The highest BCUT2D eigenvalue weighted by molar-refractivity contribution is 6.34. The first-order valence-electron chi connectivity index (χ1n) is 11.4. The number of carboxylic acids is 1. The van der Waals surface area contributed by atoms with Gasteiger partial charge in [0.05, 0.1) is 18.0 Å². The molecule has 1 N–H and O–H groups in total. The molecule has 0 saturated heterocycles. The molecule has 0 spiro atoms. The Balaban J connectivity index is 1.29. The molecule has 8 heteroatoms.